The SMILES string of the molecule is [N-]=[N+]=Nc1ccccc1N=Nc1ccc(Cl)cc1. The van der Waals surface area contributed by atoms with Crippen LogP contribution in [0.4, 0.5) is 17.1 Å². The van der Waals surface area contributed by atoms with E-state index in [0.717, 1.165) is 0 Å². The van der Waals surface area contributed by atoms with E-state index >= 15 is 0 Å². The maximum absolute atomic E-state index is 8.43. The number of hydrogen-bond acceptors (Lipinski definition) is 3. The molecule has 0 saturated carbocycles. The summed E-state index contributed by atoms with van der Waals surface area (Å²) < 4.78 is 0. The second-order valence-corrected chi connectivity index (χ2v) is 3.79. The van der Waals surface area contributed by atoms with E-state index in [1.165, 1.54) is 0 Å². The standard InChI is InChI=1S/C12H8ClN5/c13-9-5-7-10(8-6-9)15-16-11-3-1-2-4-12(11)17-18-14/h1-8H. The first-order valence-electron chi connectivity index (χ1n) is 5.11. The molecule has 6 heteroatoms. The predicted molar refractivity (Wildman–Crippen MR) is 70.9 cm³/mol. The van der Waals surface area contributed by atoms with Gasteiger partial charge in [0.25, 0.3) is 0 Å². The lowest BCUT2D eigenvalue weighted by Crippen LogP contribution is -1.67. The van der Waals surface area contributed by atoms with Crippen molar-refractivity contribution in [2.45, 2.75) is 0 Å². The van der Waals surface area contributed by atoms with Gasteiger partial charge >= 0.3 is 0 Å². The van der Waals surface area contributed by atoms with Crippen LogP contribution in [0.5, 0.6) is 0 Å². The first kappa shape index (κ1) is 12.1. The van der Waals surface area contributed by atoms with E-state index in [0.29, 0.717) is 22.1 Å². The number of benzene rings is 2. The van der Waals surface area contributed by atoms with Crippen LogP contribution in [-0.4, -0.2) is 0 Å². The molecule has 0 saturated heterocycles. The number of hydrogen-bond donors (Lipinski definition) is 0. The Morgan fingerprint density at radius 2 is 1.56 bits per heavy atom. The van der Waals surface area contributed by atoms with Crippen molar-refractivity contribution in [3.8, 4) is 0 Å². The van der Waals surface area contributed by atoms with Crippen LogP contribution in [0.2, 0.25) is 5.02 Å². The highest BCUT2D eigenvalue weighted by atomic mass is 35.5. The molecule has 0 radical (unpaired) electrons. The highest BCUT2D eigenvalue weighted by Crippen LogP contribution is 2.29. The van der Waals surface area contributed by atoms with Crippen molar-refractivity contribution in [1.82, 2.24) is 0 Å². The summed E-state index contributed by atoms with van der Waals surface area (Å²) in [7, 11) is 0. The Morgan fingerprint density at radius 3 is 2.22 bits per heavy atom. The quantitative estimate of drug-likeness (QED) is 0.384. The Bertz CT molecular complexity index is 615. The molecule has 0 unspecified atom stereocenters. The number of nitrogens with zero attached hydrogens (tertiary/aromatic N) is 5. The highest BCUT2D eigenvalue weighted by molar-refractivity contribution is 6.30. The Morgan fingerprint density at radius 1 is 0.889 bits per heavy atom. The first-order valence-corrected chi connectivity index (χ1v) is 5.49. The van der Waals surface area contributed by atoms with E-state index in [1.54, 1.807) is 48.5 Å². The molecule has 0 fully saturated rings. The van der Waals surface area contributed by atoms with E-state index in [2.05, 4.69) is 20.3 Å². The van der Waals surface area contributed by atoms with Gasteiger partial charge in [-0.1, -0.05) is 34.9 Å². The molecule has 0 atom stereocenters. The van der Waals surface area contributed by atoms with E-state index in [-0.39, 0.29) is 0 Å². The second kappa shape index (κ2) is 5.82. The monoisotopic (exact) mass is 257 g/mol. The van der Waals surface area contributed by atoms with Crippen molar-refractivity contribution in [3.63, 3.8) is 0 Å². The summed E-state index contributed by atoms with van der Waals surface area (Å²) in [6.45, 7) is 0. The minimum Gasteiger partial charge on any atom is -0.151 e. The van der Waals surface area contributed by atoms with Crippen LogP contribution in [0.25, 0.3) is 10.4 Å². The van der Waals surface area contributed by atoms with Gasteiger partial charge in [-0.25, -0.2) is 0 Å². The normalized spacial score (nSPS) is 10.3. The van der Waals surface area contributed by atoms with Gasteiger partial charge in [0.1, 0.15) is 0 Å². The minimum atomic E-state index is 0.442. The molecule has 0 aliphatic rings. The molecule has 0 aliphatic heterocycles. The maximum atomic E-state index is 8.43. The smallest absolute Gasteiger partial charge is 0.0952 e. The summed E-state index contributed by atoms with van der Waals surface area (Å²) in [5.41, 5.74) is 10.1. The molecule has 0 aliphatic carbocycles. The first-order chi connectivity index (χ1) is 8.79. The Balaban J connectivity index is 2.28. The van der Waals surface area contributed by atoms with Gasteiger partial charge in [-0.3, -0.25) is 0 Å². The van der Waals surface area contributed by atoms with Crippen molar-refractivity contribution in [2.24, 2.45) is 15.3 Å². The zero-order valence-corrected chi connectivity index (χ0v) is 9.99. The molecule has 2 aromatic rings. The summed E-state index contributed by atoms with van der Waals surface area (Å²) >= 11 is 5.77. The molecular weight excluding hydrogens is 250 g/mol. The average molecular weight is 258 g/mol. The second-order valence-electron chi connectivity index (χ2n) is 3.35. The number of azide groups is 1. The van der Waals surface area contributed by atoms with Gasteiger partial charge in [-0.05, 0) is 35.9 Å². The largest absolute Gasteiger partial charge is 0.151 e. The third-order valence-corrected chi connectivity index (χ3v) is 2.39. The summed E-state index contributed by atoms with van der Waals surface area (Å²) in [5, 5.41) is 12.3. The molecule has 2 aromatic carbocycles. The predicted octanol–water partition coefficient (Wildman–Crippen LogP) is 5.70. The average Bonchev–Trinajstić information content (AvgIpc) is 2.40. The van der Waals surface area contributed by atoms with Crippen LogP contribution in [0, 0.1) is 0 Å². The lowest BCUT2D eigenvalue weighted by molar-refractivity contribution is 1.22. The Labute approximate surface area is 108 Å². The van der Waals surface area contributed by atoms with E-state index in [9.17, 15) is 0 Å². The van der Waals surface area contributed by atoms with E-state index in [4.69, 9.17) is 17.1 Å². The van der Waals surface area contributed by atoms with Gasteiger partial charge in [0.05, 0.1) is 17.1 Å². The highest BCUT2D eigenvalue weighted by Gasteiger charge is 1.97. The Hall–Kier alpha value is -2.36. The lowest BCUT2D eigenvalue weighted by atomic mass is 10.3. The third kappa shape index (κ3) is 3.07. The number of azo groups is 1. The molecular formula is C12H8ClN5. The van der Waals surface area contributed by atoms with Crippen molar-refractivity contribution in [2.75, 3.05) is 0 Å². The van der Waals surface area contributed by atoms with Crippen molar-refractivity contribution >= 4 is 28.7 Å². The van der Waals surface area contributed by atoms with Crippen molar-refractivity contribution in [3.05, 3.63) is 64.0 Å². The maximum Gasteiger partial charge on any atom is 0.0952 e. The van der Waals surface area contributed by atoms with Gasteiger partial charge in [-0.2, -0.15) is 10.2 Å². The van der Waals surface area contributed by atoms with Gasteiger partial charge in [0.2, 0.25) is 0 Å². The zero-order valence-electron chi connectivity index (χ0n) is 9.23. The van der Waals surface area contributed by atoms with E-state index < -0.39 is 0 Å². The molecule has 0 bridgehead atoms. The van der Waals surface area contributed by atoms with Gasteiger partial charge in [0, 0.05) is 9.93 Å². The van der Waals surface area contributed by atoms with Crippen LogP contribution in [0.1, 0.15) is 0 Å². The third-order valence-electron chi connectivity index (χ3n) is 2.13. The van der Waals surface area contributed by atoms with Crippen LogP contribution in [0.15, 0.2) is 63.9 Å². The van der Waals surface area contributed by atoms with Gasteiger partial charge in [-0.15, -0.1) is 0 Å². The summed E-state index contributed by atoms with van der Waals surface area (Å²) in [6.07, 6.45) is 0. The molecule has 2 rings (SSSR count). The van der Waals surface area contributed by atoms with Gasteiger partial charge in [0.15, 0.2) is 0 Å². The fraction of sp³-hybridized carbons (Fsp3) is 0. The molecule has 0 amide bonds. The van der Waals surface area contributed by atoms with E-state index in [1.807, 2.05) is 0 Å². The molecule has 5 nitrogen and oxygen atoms in total. The summed E-state index contributed by atoms with van der Waals surface area (Å²) in [4.78, 5) is 2.74. The van der Waals surface area contributed by atoms with Crippen LogP contribution in [-0.2, 0) is 0 Å². The van der Waals surface area contributed by atoms with Crippen LogP contribution in [0.3, 0.4) is 0 Å². The number of rotatable bonds is 3. The number of halogens is 1. The molecule has 0 spiro atoms. The Kier molecular flexibility index (Phi) is 3.91. The molecule has 88 valence electrons. The van der Waals surface area contributed by atoms with Crippen molar-refractivity contribution < 1.29 is 0 Å². The fourth-order valence-corrected chi connectivity index (χ4v) is 1.43. The summed E-state index contributed by atoms with van der Waals surface area (Å²) in [6, 6.07) is 13.9. The minimum absolute atomic E-state index is 0.442. The zero-order chi connectivity index (χ0) is 12.8. The topological polar surface area (TPSA) is 73.5 Å². The van der Waals surface area contributed by atoms with Crippen molar-refractivity contribution in [1.29, 1.82) is 0 Å². The lowest BCUT2D eigenvalue weighted by Gasteiger charge is -1.97. The van der Waals surface area contributed by atoms with Gasteiger partial charge < -0.3 is 0 Å². The van der Waals surface area contributed by atoms with Crippen LogP contribution >= 0.6 is 11.6 Å². The molecule has 0 aromatic heterocycles. The molecule has 18 heavy (non-hydrogen) atoms. The van der Waals surface area contributed by atoms with Crippen LogP contribution < -0.4 is 0 Å². The fourth-order valence-electron chi connectivity index (χ4n) is 1.30. The molecule has 0 heterocycles. The summed E-state index contributed by atoms with van der Waals surface area (Å²) in [5.74, 6) is 0. The molecule has 0 N–H and O–H groups in total.